The number of esters is 1. The molecule has 4 heterocycles. The lowest BCUT2D eigenvalue weighted by Crippen LogP contribution is -2.33. The molecule has 0 aliphatic carbocycles. The standard InChI is InChI=1S/C18H21N7.C12H19NO2S/c1-12-7-9-25(10-8-12)17-11-16(19-13(2)20-17)14-3-5-15(6-4-14)18-21-23-24-22-18;1-6-15-12(14)10-9(5)13-11(16-10)8(4)7(2)3/h3-6,11-12H,7-10H2,1-2H3,(H,21,22,23,24);7-8H,6H2,1-5H3. The molecule has 4 aromatic rings. The Kier molecular flexibility index (Phi) is 10.1. The minimum atomic E-state index is -0.250. The van der Waals surface area contributed by atoms with Gasteiger partial charge in [0.05, 0.1) is 23.0 Å². The highest BCUT2D eigenvalue weighted by molar-refractivity contribution is 7.13. The summed E-state index contributed by atoms with van der Waals surface area (Å²) in [4.78, 5) is 28.3. The Bertz CT molecular complexity index is 1410. The molecule has 11 heteroatoms. The number of thiazole rings is 1. The molecular formula is C30H40N8O2S. The number of hydrogen-bond donors (Lipinski definition) is 1. The van der Waals surface area contributed by atoms with Gasteiger partial charge in [-0.1, -0.05) is 52.0 Å². The molecule has 0 bridgehead atoms. The number of benzene rings is 1. The first-order valence-electron chi connectivity index (χ1n) is 14.3. The maximum Gasteiger partial charge on any atom is 0.350 e. The van der Waals surface area contributed by atoms with Gasteiger partial charge in [0.15, 0.2) is 0 Å². The second-order valence-corrected chi connectivity index (χ2v) is 11.9. The number of nitrogens with one attached hydrogen (secondary N) is 1. The number of piperidine rings is 1. The third kappa shape index (κ3) is 7.72. The monoisotopic (exact) mass is 576 g/mol. The summed E-state index contributed by atoms with van der Waals surface area (Å²) in [7, 11) is 0. The number of hydrogen-bond acceptors (Lipinski definition) is 10. The van der Waals surface area contributed by atoms with E-state index in [0.717, 1.165) is 58.2 Å². The summed E-state index contributed by atoms with van der Waals surface area (Å²) >= 11 is 1.46. The number of aromatic nitrogens is 7. The molecule has 5 rings (SSSR count). The van der Waals surface area contributed by atoms with Gasteiger partial charge in [-0.15, -0.1) is 21.5 Å². The third-order valence-corrected chi connectivity index (χ3v) is 8.72. The highest BCUT2D eigenvalue weighted by Gasteiger charge is 2.21. The first-order valence-corrected chi connectivity index (χ1v) is 15.1. The number of tetrazole rings is 1. The minimum Gasteiger partial charge on any atom is -0.462 e. The van der Waals surface area contributed by atoms with Crippen LogP contribution in [-0.4, -0.2) is 61.2 Å². The van der Waals surface area contributed by atoms with Crippen LogP contribution >= 0.6 is 11.3 Å². The predicted octanol–water partition coefficient (Wildman–Crippen LogP) is 6.26. The Morgan fingerprint density at radius 2 is 1.76 bits per heavy atom. The number of nitrogens with zero attached hydrogens (tertiary/aromatic N) is 7. The van der Waals surface area contributed by atoms with Crippen molar-refractivity contribution >= 4 is 23.1 Å². The van der Waals surface area contributed by atoms with Gasteiger partial charge in [-0.3, -0.25) is 0 Å². The second kappa shape index (κ2) is 13.8. The lowest BCUT2D eigenvalue weighted by Gasteiger charge is -2.31. The number of aromatic amines is 1. The number of H-pyrrole nitrogens is 1. The minimum absolute atomic E-state index is 0.250. The summed E-state index contributed by atoms with van der Waals surface area (Å²) in [6, 6.07) is 10.1. The number of aryl methyl sites for hydroxylation is 2. The maximum atomic E-state index is 11.6. The zero-order valence-corrected chi connectivity index (χ0v) is 25.8. The van der Waals surface area contributed by atoms with E-state index in [0.29, 0.717) is 29.1 Å². The van der Waals surface area contributed by atoms with Crippen molar-refractivity contribution in [2.24, 2.45) is 11.8 Å². The molecule has 1 aliphatic heterocycles. The number of anilines is 1. The Balaban J connectivity index is 0.000000210. The average molecular weight is 577 g/mol. The summed E-state index contributed by atoms with van der Waals surface area (Å²) in [6.07, 6.45) is 2.44. The maximum absolute atomic E-state index is 11.6. The van der Waals surface area contributed by atoms with E-state index in [1.54, 1.807) is 0 Å². The molecule has 41 heavy (non-hydrogen) atoms. The third-order valence-electron chi connectivity index (χ3n) is 7.38. The Morgan fingerprint density at radius 1 is 1.07 bits per heavy atom. The molecular weight excluding hydrogens is 536 g/mol. The van der Waals surface area contributed by atoms with Crippen molar-refractivity contribution in [3.05, 3.63) is 51.7 Å². The van der Waals surface area contributed by atoms with Crippen molar-refractivity contribution in [3.63, 3.8) is 0 Å². The number of ether oxygens (including phenoxy) is 1. The Labute approximate surface area is 246 Å². The molecule has 0 saturated carbocycles. The van der Waals surface area contributed by atoms with Gasteiger partial charge < -0.3 is 9.64 Å². The van der Waals surface area contributed by atoms with Crippen molar-refractivity contribution in [1.82, 2.24) is 35.6 Å². The van der Waals surface area contributed by atoms with Crippen LogP contribution in [0.15, 0.2) is 30.3 Å². The lowest BCUT2D eigenvalue weighted by molar-refractivity contribution is 0.0531. The second-order valence-electron chi connectivity index (χ2n) is 10.9. The van der Waals surface area contributed by atoms with Gasteiger partial charge in [0.25, 0.3) is 0 Å². The van der Waals surface area contributed by atoms with Crippen LogP contribution in [0.4, 0.5) is 5.82 Å². The van der Waals surface area contributed by atoms with E-state index in [1.807, 2.05) is 45.0 Å². The Hall–Kier alpha value is -3.73. The molecule has 0 amide bonds. The van der Waals surface area contributed by atoms with Crippen LogP contribution in [0.2, 0.25) is 0 Å². The van der Waals surface area contributed by atoms with Gasteiger partial charge in [0, 0.05) is 36.2 Å². The molecule has 1 fully saturated rings. The normalized spacial score (nSPS) is 14.5. The van der Waals surface area contributed by atoms with Crippen LogP contribution in [0.5, 0.6) is 0 Å². The van der Waals surface area contributed by atoms with Crippen LogP contribution in [0, 0.1) is 25.7 Å². The molecule has 1 unspecified atom stereocenters. The van der Waals surface area contributed by atoms with E-state index in [2.05, 4.69) is 74.2 Å². The summed E-state index contributed by atoms with van der Waals surface area (Å²) in [5.41, 5.74) is 3.71. The molecule has 1 N–H and O–H groups in total. The van der Waals surface area contributed by atoms with Crippen molar-refractivity contribution in [3.8, 4) is 22.6 Å². The largest absolute Gasteiger partial charge is 0.462 e. The summed E-state index contributed by atoms with van der Waals surface area (Å²) in [5, 5.41) is 15.1. The molecule has 0 radical (unpaired) electrons. The zero-order chi connectivity index (χ0) is 29.5. The molecule has 1 aromatic carbocycles. The molecule has 0 spiro atoms. The lowest BCUT2D eigenvalue weighted by atomic mass is 9.99. The van der Waals surface area contributed by atoms with E-state index < -0.39 is 0 Å². The van der Waals surface area contributed by atoms with Crippen molar-refractivity contribution in [2.45, 2.75) is 67.2 Å². The highest BCUT2D eigenvalue weighted by atomic mass is 32.1. The van der Waals surface area contributed by atoms with E-state index in [1.165, 1.54) is 24.2 Å². The predicted molar refractivity (Wildman–Crippen MR) is 162 cm³/mol. The van der Waals surface area contributed by atoms with Gasteiger partial charge in [0.2, 0.25) is 5.82 Å². The van der Waals surface area contributed by atoms with Gasteiger partial charge in [-0.05, 0) is 50.7 Å². The van der Waals surface area contributed by atoms with Gasteiger partial charge >= 0.3 is 5.97 Å². The molecule has 10 nitrogen and oxygen atoms in total. The van der Waals surface area contributed by atoms with Crippen LogP contribution in [-0.2, 0) is 4.74 Å². The average Bonchev–Trinajstić information content (AvgIpc) is 3.64. The van der Waals surface area contributed by atoms with E-state index in [4.69, 9.17) is 4.74 Å². The van der Waals surface area contributed by atoms with Crippen molar-refractivity contribution in [2.75, 3.05) is 24.6 Å². The fourth-order valence-corrected chi connectivity index (χ4v) is 5.64. The molecule has 1 aliphatic rings. The quantitative estimate of drug-likeness (QED) is 0.254. The van der Waals surface area contributed by atoms with E-state index >= 15 is 0 Å². The first-order chi connectivity index (χ1) is 19.7. The topological polar surface area (TPSA) is 123 Å². The van der Waals surface area contributed by atoms with Gasteiger partial charge in [-0.25, -0.2) is 19.7 Å². The van der Waals surface area contributed by atoms with E-state index in [9.17, 15) is 4.79 Å². The van der Waals surface area contributed by atoms with Gasteiger partial charge in [-0.2, -0.15) is 5.21 Å². The van der Waals surface area contributed by atoms with Crippen LogP contribution in [0.25, 0.3) is 22.6 Å². The van der Waals surface area contributed by atoms with Crippen LogP contribution in [0.3, 0.4) is 0 Å². The summed E-state index contributed by atoms with van der Waals surface area (Å²) in [6.45, 7) is 16.9. The summed E-state index contributed by atoms with van der Waals surface area (Å²) in [5.74, 6) is 3.88. The summed E-state index contributed by atoms with van der Waals surface area (Å²) < 4.78 is 4.99. The fourth-order valence-electron chi connectivity index (χ4n) is 4.46. The zero-order valence-electron chi connectivity index (χ0n) is 25.0. The first kappa shape index (κ1) is 30.2. The molecule has 1 saturated heterocycles. The number of carbonyl (C=O) groups is 1. The molecule has 218 valence electrons. The van der Waals surface area contributed by atoms with Gasteiger partial charge in [0.1, 0.15) is 16.5 Å². The smallest absolute Gasteiger partial charge is 0.350 e. The van der Waals surface area contributed by atoms with Crippen LogP contribution in [0.1, 0.15) is 79.6 Å². The van der Waals surface area contributed by atoms with E-state index in [-0.39, 0.29) is 5.97 Å². The fraction of sp³-hybridized carbons (Fsp3) is 0.500. The molecule has 3 aromatic heterocycles. The molecule has 1 atom stereocenters. The number of carbonyl (C=O) groups excluding carboxylic acids is 1. The SMILES string of the molecule is CCOC(=O)c1sc(C(C)C(C)C)nc1C.Cc1nc(-c2ccc(-c3nn[nH]n3)cc2)cc(N2CCC(C)CC2)n1. The Morgan fingerprint density at radius 3 is 2.37 bits per heavy atom. The highest BCUT2D eigenvalue weighted by Crippen LogP contribution is 2.30. The van der Waals surface area contributed by atoms with Crippen LogP contribution < -0.4 is 4.90 Å². The van der Waals surface area contributed by atoms with Crippen molar-refractivity contribution < 1.29 is 9.53 Å². The van der Waals surface area contributed by atoms with Crippen molar-refractivity contribution in [1.29, 1.82) is 0 Å². The number of rotatable bonds is 7.